The number of hydrogen-bond acceptors (Lipinski definition) is 2. The van der Waals surface area contributed by atoms with Crippen LogP contribution in [0.5, 0.6) is 5.75 Å². The van der Waals surface area contributed by atoms with Crippen LogP contribution in [0.2, 0.25) is 0 Å². The maximum absolute atomic E-state index is 10.7. The molecule has 0 aliphatic heterocycles. The lowest BCUT2D eigenvalue weighted by Gasteiger charge is -2.16. The van der Waals surface area contributed by atoms with Crippen molar-refractivity contribution in [3.8, 4) is 5.75 Å². The van der Waals surface area contributed by atoms with Crippen LogP contribution in [0.1, 0.15) is 47.1 Å². The first-order valence-electron chi connectivity index (χ1n) is 7.11. The average Bonchev–Trinajstić information content (AvgIpc) is 3.31. The molecule has 20 heavy (non-hydrogen) atoms. The summed E-state index contributed by atoms with van der Waals surface area (Å²) in [7, 11) is 1.64. The van der Waals surface area contributed by atoms with Crippen LogP contribution in [0.3, 0.4) is 0 Å². The second kappa shape index (κ2) is 5.29. The average molecular weight is 268 g/mol. The van der Waals surface area contributed by atoms with E-state index < -0.39 is 6.10 Å². The van der Waals surface area contributed by atoms with Crippen LogP contribution in [-0.4, -0.2) is 12.2 Å². The molecule has 2 aromatic carbocycles. The molecule has 0 radical (unpaired) electrons. The molecule has 1 atom stereocenters. The molecule has 1 N–H and O–H groups in total. The molecular weight excluding hydrogens is 248 g/mol. The van der Waals surface area contributed by atoms with Crippen LogP contribution in [0.4, 0.5) is 0 Å². The summed E-state index contributed by atoms with van der Waals surface area (Å²) >= 11 is 0. The van der Waals surface area contributed by atoms with Gasteiger partial charge in [0.2, 0.25) is 0 Å². The Hall–Kier alpha value is -1.80. The number of ether oxygens (including phenoxy) is 1. The molecule has 1 fully saturated rings. The highest BCUT2D eigenvalue weighted by molar-refractivity contribution is 5.43. The molecule has 3 rings (SSSR count). The van der Waals surface area contributed by atoms with E-state index in [2.05, 4.69) is 12.1 Å². The lowest BCUT2D eigenvalue weighted by atomic mass is 9.96. The van der Waals surface area contributed by atoms with E-state index in [-0.39, 0.29) is 0 Å². The molecule has 0 heterocycles. The normalized spacial score (nSPS) is 15.9. The Balaban J connectivity index is 1.97. The van der Waals surface area contributed by atoms with Gasteiger partial charge in [-0.05, 0) is 48.9 Å². The lowest BCUT2D eigenvalue weighted by Crippen LogP contribution is -2.03. The van der Waals surface area contributed by atoms with E-state index >= 15 is 0 Å². The Morgan fingerprint density at radius 2 is 1.95 bits per heavy atom. The maximum atomic E-state index is 10.7. The molecule has 2 heteroatoms. The monoisotopic (exact) mass is 268 g/mol. The van der Waals surface area contributed by atoms with Gasteiger partial charge in [-0.2, -0.15) is 0 Å². The van der Waals surface area contributed by atoms with Gasteiger partial charge in [0.05, 0.1) is 7.11 Å². The molecule has 2 nitrogen and oxygen atoms in total. The van der Waals surface area contributed by atoms with E-state index in [0.29, 0.717) is 5.92 Å². The molecule has 0 spiro atoms. The van der Waals surface area contributed by atoms with E-state index in [1.807, 2.05) is 37.3 Å². The number of aliphatic hydroxyl groups excluding tert-OH is 1. The van der Waals surface area contributed by atoms with E-state index in [9.17, 15) is 5.11 Å². The summed E-state index contributed by atoms with van der Waals surface area (Å²) < 4.78 is 5.37. The third kappa shape index (κ3) is 2.56. The van der Waals surface area contributed by atoms with Gasteiger partial charge in [-0.15, -0.1) is 0 Å². The fourth-order valence-electron chi connectivity index (χ4n) is 2.65. The van der Waals surface area contributed by atoms with Crippen molar-refractivity contribution in [1.82, 2.24) is 0 Å². The highest BCUT2D eigenvalue weighted by atomic mass is 16.5. The van der Waals surface area contributed by atoms with Crippen molar-refractivity contribution in [1.29, 1.82) is 0 Å². The molecular formula is C18H20O2. The van der Waals surface area contributed by atoms with Crippen LogP contribution in [0.15, 0.2) is 42.5 Å². The van der Waals surface area contributed by atoms with Gasteiger partial charge in [-0.25, -0.2) is 0 Å². The minimum Gasteiger partial charge on any atom is -0.496 e. The van der Waals surface area contributed by atoms with Crippen LogP contribution >= 0.6 is 0 Å². The molecule has 1 unspecified atom stereocenters. The Kier molecular flexibility index (Phi) is 3.49. The van der Waals surface area contributed by atoms with Gasteiger partial charge in [0.25, 0.3) is 0 Å². The van der Waals surface area contributed by atoms with Crippen molar-refractivity contribution < 1.29 is 9.84 Å². The van der Waals surface area contributed by atoms with Crippen molar-refractivity contribution in [2.45, 2.75) is 31.8 Å². The van der Waals surface area contributed by atoms with Crippen molar-refractivity contribution in [3.63, 3.8) is 0 Å². The molecule has 1 aliphatic carbocycles. The molecule has 104 valence electrons. The first-order valence-corrected chi connectivity index (χ1v) is 7.11. The SMILES string of the molecule is COc1ccc(C)cc1C(O)c1cccc(C2CC2)c1. The van der Waals surface area contributed by atoms with Crippen molar-refractivity contribution in [3.05, 3.63) is 64.7 Å². The standard InChI is InChI=1S/C18H20O2/c1-12-6-9-17(20-2)16(10-12)18(19)15-5-3-4-14(11-15)13-7-8-13/h3-6,9-11,13,18-19H,7-8H2,1-2H3. The number of hydrogen-bond donors (Lipinski definition) is 1. The number of rotatable bonds is 4. The van der Waals surface area contributed by atoms with Crippen molar-refractivity contribution in [2.75, 3.05) is 7.11 Å². The number of methoxy groups -OCH3 is 1. The number of aryl methyl sites for hydroxylation is 1. The van der Waals surface area contributed by atoms with Gasteiger partial charge in [-0.3, -0.25) is 0 Å². The summed E-state index contributed by atoms with van der Waals surface area (Å²) in [4.78, 5) is 0. The minimum atomic E-state index is -0.636. The fraction of sp³-hybridized carbons (Fsp3) is 0.333. The van der Waals surface area contributed by atoms with Gasteiger partial charge >= 0.3 is 0 Å². The smallest absolute Gasteiger partial charge is 0.125 e. The van der Waals surface area contributed by atoms with Crippen LogP contribution in [0, 0.1) is 6.92 Å². The van der Waals surface area contributed by atoms with Gasteiger partial charge in [0.1, 0.15) is 11.9 Å². The van der Waals surface area contributed by atoms with Crippen molar-refractivity contribution in [2.24, 2.45) is 0 Å². The predicted octanol–water partition coefficient (Wildman–Crippen LogP) is 3.96. The second-order valence-corrected chi connectivity index (χ2v) is 5.59. The number of benzene rings is 2. The molecule has 0 aromatic heterocycles. The molecule has 0 amide bonds. The largest absolute Gasteiger partial charge is 0.496 e. The summed E-state index contributed by atoms with van der Waals surface area (Å²) in [6.45, 7) is 2.02. The zero-order chi connectivity index (χ0) is 14.1. The van der Waals surface area contributed by atoms with Crippen LogP contribution < -0.4 is 4.74 Å². The Morgan fingerprint density at radius 1 is 1.15 bits per heavy atom. The van der Waals surface area contributed by atoms with Crippen LogP contribution in [-0.2, 0) is 0 Å². The molecule has 2 aromatic rings. The summed E-state index contributed by atoms with van der Waals surface area (Å²) in [5.41, 5.74) is 4.24. The lowest BCUT2D eigenvalue weighted by molar-refractivity contribution is 0.214. The first kappa shape index (κ1) is 13.2. The highest BCUT2D eigenvalue weighted by Crippen LogP contribution is 2.41. The quantitative estimate of drug-likeness (QED) is 0.909. The minimum absolute atomic E-state index is 0.636. The van der Waals surface area contributed by atoms with Crippen molar-refractivity contribution >= 4 is 0 Å². The third-order valence-corrected chi connectivity index (χ3v) is 3.95. The van der Waals surface area contributed by atoms with E-state index in [1.165, 1.54) is 18.4 Å². The summed E-state index contributed by atoms with van der Waals surface area (Å²) in [5.74, 6) is 1.43. The fourth-order valence-corrected chi connectivity index (χ4v) is 2.65. The zero-order valence-corrected chi connectivity index (χ0v) is 12.0. The van der Waals surface area contributed by atoms with E-state index in [4.69, 9.17) is 4.74 Å². The highest BCUT2D eigenvalue weighted by Gasteiger charge is 2.24. The summed E-state index contributed by atoms with van der Waals surface area (Å²) in [6, 6.07) is 14.2. The predicted molar refractivity (Wildman–Crippen MR) is 80.2 cm³/mol. The molecule has 1 saturated carbocycles. The molecule has 1 aliphatic rings. The Morgan fingerprint density at radius 3 is 2.65 bits per heavy atom. The summed E-state index contributed by atoms with van der Waals surface area (Å²) in [6.07, 6.45) is 1.91. The second-order valence-electron chi connectivity index (χ2n) is 5.59. The van der Waals surface area contributed by atoms with E-state index in [1.54, 1.807) is 7.11 Å². The van der Waals surface area contributed by atoms with Gasteiger partial charge in [0.15, 0.2) is 0 Å². The van der Waals surface area contributed by atoms with Crippen LogP contribution in [0.25, 0.3) is 0 Å². The number of aliphatic hydroxyl groups is 1. The van der Waals surface area contributed by atoms with Gasteiger partial charge in [0, 0.05) is 5.56 Å². The molecule has 0 bridgehead atoms. The Labute approximate surface area is 120 Å². The topological polar surface area (TPSA) is 29.5 Å². The molecule has 0 saturated heterocycles. The maximum Gasteiger partial charge on any atom is 0.125 e. The van der Waals surface area contributed by atoms with Gasteiger partial charge in [-0.1, -0.05) is 35.9 Å². The first-order chi connectivity index (χ1) is 9.69. The van der Waals surface area contributed by atoms with E-state index in [0.717, 1.165) is 22.4 Å². The third-order valence-electron chi connectivity index (χ3n) is 3.95. The Bertz CT molecular complexity index is 615. The zero-order valence-electron chi connectivity index (χ0n) is 12.0. The van der Waals surface area contributed by atoms with Gasteiger partial charge < -0.3 is 9.84 Å². The summed E-state index contributed by atoms with van der Waals surface area (Å²) in [5, 5.41) is 10.7.